The molecule has 0 aliphatic rings. The van der Waals surface area contributed by atoms with E-state index >= 15 is 0 Å². The highest BCUT2D eigenvalue weighted by molar-refractivity contribution is 5.88. The van der Waals surface area contributed by atoms with Crippen molar-refractivity contribution in [1.82, 2.24) is 15.2 Å². The summed E-state index contributed by atoms with van der Waals surface area (Å²) in [6.45, 7) is 3.62. The summed E-state index contributed by atoms with van der Waals surface area (Å²) < 4.78 is 42.5. The van der Waals surface area contributed by atoms with Gasteiger partial charge in [0.05, 0.1) is 38.5 Å². The van der Waals surface area contributed by atoms with Crippen molar-refractivity contribution in [2.75, 3.05) is 40.6 Å². The number of halogens is 1. The first kappa shape index (κ1) is 21.8. The molecule has 0 radical (unpaired) electrons. The fourth-order valence-electron chi connectivity index (χ4n) is 3.34. The van der Waals surface area contributed by atoms with Gasteiger partial charge in [0, 0.05) is 29.8 Å². The van der Waals surface area contributed by atoms with Gasteiger partial charge in [0.25, 0.3) is 0 Å². The number of rotatable bonds is 10. The largest absolute Gasteiger partial charge is 0.493 e. The number of methoxy groups -OCH3 is 2. The Morgan fingerprint density at radius 2 is 1.75 bits per heavy atom. The van der Waals surface area contributed by atoms with Crippen LogP contribution in [-0.4, -0.2) is 55.8 Å². The molecule has 2 heterocycles. The molecule has 0 unspecified atom stereocenters. The van der Waals surface area contributed by atoms with Crippen molar-refractivity contribution in [1.29, 1.82) is 0 Å². The van der Waals surface area contributed by atoms with Gasteiger partial charge in [0.1, 0.15) is 12.1 Å². The van der Waals surface area contributed by atoms with Crippen LogP contribution in [0.3, 0.4) is 0 Å². The molecule has 1 N–H and O–H groups in total. The van der Waals surface area contributed by atoms with Crippen LogP contribution >= 0.6 is 0 Å². The molecule has 0 aliphatic carbocycles. The van der Waals surface area contributed by atoms with Crippen molar-refractivity contribution in [3.63, 3.8) is 0 Å². The highest BCUT2D eigenvalue weighted by Gasteiger charge is 2.16. The highest BCUT2D eigenvalue weighted by Crippen LogP contribution is 2.38. The first-order valence-corrected chi connectivity index (χ1v) is 10.1. The lowest BCUT2D eigenvalue weighted by Gasteiger charge is -2.14. The van der Waals surface area contributed by atoms with Crippen molar-refractivity contribution >= 4 is 21.8 Å². The summed E-state index contributed by atoms with van der Waals surface area (Å²) in [6, 6.07) is 8.54. The average Bonchev–Trinajstić information content (AvgIpc) is 3.19. The minimum Gasteiger partial charge on any atom is -0.493 e. The van der Waals surface area contributed by atoms with Gasteiger partial charge in [-0.2, -0.15) is 10.2 Å². The number of ether oxygens (including phenoxy) is 5. The second-order valence-electron chi connectivity index (χ2n) is 7.08. The number of hydrogen-bond acceptors (Lipinski definition) is 7. The van der Waals surface area contributed by atoms with Gasteiger partial charge in [0.15, 0.2) is 28.8 Å². The molecule has 8 nitrogen and oxygen atoms in total. The summed E-state index contributed by atoms with van der Waals surface area (Å²) in [4.78, 5) is 3.11. The molecule has 0 atom stereocenters. The molecule has 0 fully saturated rings. The standard InChI is InChI=1S/C23H24FN3O5/c1-14-10-16-17(26-14)4-5-19(23(16)24)32-22-13-25-27-18-12-21(20(29-3)11-15(18)22)31-9-8-30-7-6-28-2/h4-5,10-13,26H,6-9H2,1-3H3. The number of aromatic amines is 1. The lowest BCUT2D eigenvalue weighted by Crippen LogP contribution is -2.10. The fraction of sp³-hybridized carbons (Fsp3) is 0.304. The molecule has 168 valence electrons. The Morgan fingerprint density at radius 3 is 2.56 bits per heavy atom. The van der Waals surface area contributed by atoms with E-state index in [0.717, 1.165) is 5.69 Å². The van der Waals surface area contributed by atoms with Gasteiger partial charge in [-0.15, -0.1) is 0 Å². The van der Waals surface area contributed by atoms with Crippen molar-refractivity contribution < 1.29 is 28.1 Å². The lowest BCUT2D eigenvalue weighted by molar-refractivity contribution is 0.0540. The molecule has 0 amide bonds. The normalized spacial score (nSPS) is 11.2. The molecule has 4 rings (SSSR count). The number of fused-ring (bicyclic) bond motifs is 2. The van der Waals surface area contributed by atoms with Gasteiger partial charge < -0.3 is 28.7 Å². The van der Waals surface area contributed by atoms with Crippen LogP contribution in [0.4, 0.5) is 4.39 Å². The van der Waals surface area contributed by atoms with Crippen LogP contribution in [0.5, 0.6) is 23.0 Å². The molecule has 0 aliphatic heterocycles. The zero-order valence-corrected chi connectivity index (χ0v) is 18.1. The highest BCUT2D eigenvalue weighted by atomic mass is 19.1. The number of hydrogen-bond donors (Lipinski definition) is 1. The van der Waals surface area contributed by atoms with Crippen LogP contribution in [0.2, 0.25) is 0 Å². The topological polar surface area (TPSA) is 87.7 Å². The maximum Gasteiger partial charge on any atom is 0.175 e. The number of nitrogens with zero attached hydrogens (tertiary/aromatic N) is 2. The molecule has 0 spiro atoms. The maximum atomic E-state index is 15.0. The van der Waals surface area contributed by atoms with Gasteiger partial charge in [-0.25, -0.2) is 4.39 Å². The number of benzene rings is 2. The Bertz CT molecular complexity index is 1230. The molecule has 2 aromatic heterocycles. The number of nitrogens with one attached hydrogen (secondary N) is 1. The van der Waals surface area contributed by atoms with Crippen LogP contribution in [0.25, 0.3) is 21.8 Å². The molecule has 9 heteroatoms. The summed E-state index contributed by atoms with van der Waals surface area (Å²) >= 11 is 0. The predicted molar refractivity (Wildman–Crippen MR) is 117 cm³/mol. The third-order valence-corrected chi connectivity index (χ3v) is 4.86. The van der Waals surface area contributed by atoms with Gasteiger partial charge in [-0.3, -0.25) is 0 Å². The Balaban J connectivity index is 1.59. The number of aryl methyl sites for hydroxylation is 1. The molecule has 0 bridgehead atoms. The Hall–Kier alpha value is -3.43. The van der Waals surface area contributed by atoms with E-state index in [-0.39, 0.29) is 5.75 Å². The second kappa shape index (κ2) is 9.80. The summed E-state index contributed by atoms with van der Waals surface area (Å²) in [5, 5.41) is 9.23. The fourth-order valence-corrected chi connectivity index (χ4v) is 3.34. The van der Waals surface area contributed by atoms with E-state index in [9.17, 15) is 4.39 Å². The third kappa shape index (κ3) is 4.58. The molecule has 0 saturated heterocycles. The first-order valence-electron chi connectivity index (χ1n) is 10.1. The van der Waals surface area contributed by atoms with Crippen LogP contribution < -0.4 is 14.2 Å². The molecule has 4 aromatic rings. The monoisotopic (exact) mass is 441 g/mol. The van der Waals surface area contributed by atoms with E-state index in [1.54, 1.807) is 44.6 Å². The number of aromatic nitrogens is 3. The molecule has 32 heavy (non-hydrogen) atoms. The average molecular weight is 441 g/mol. The number of H-pyrrole nitrogens is 1. The van der Waals surface area contributed by atoms with Crippen LogP contribution in [-0.2, 0) is 9.47 Å². The zero-order valence-electron chi connectivity index (χ0n) is 18.1. The summed E-state index contributed by atoms with van der Waals surface area (Å²) in [6.07, 6.45) is 1.44. The van der Waals surface area contributed by atoms with Gasteiger partial charge in [-0.1, -0.05) is 0 Å². The lowest BCUT2D eigenvalue weighted by atomic mass is 10.2. The first-order chi connectivity index (χ1) is 15.6. The SMILES string of the molecule is COCCOCCOc1cc2nncc(Oc3ccc4[nH]c(C)cc4c3F)c2cc1OC. The summed E-state index contributed by atoms with van der Waals surface area (Å²) in [5.74, 6) is 0.991. The van der Waals surface area contributed by atoms with E-state index in [0.29, 0.717) is 65.5 Å². The quantitative estimate of drug-likeness (QED) is 0.365. The van der Waals surface area contributed by atoms with E-state index in [4.69, 9.17) is 23.7 Å². The second-order valence-corrected chi connectivity index (χ2v) is 7.08. The van der Waals surface area contributed by atoms with Crippen molar-refractivity contribution in [2.45, 2.75) is 6.92 Å². The zero-order chi connectivity index (χ0) is 22.5. The Morgan fingerprint density at radius 1 is 0.906 bits per heavy atom. The molecular weight excluding hydrogens is 417 g/mol. The Labute approximate surface area is 184 Å². The molecule has 0 saturated carbocycles. The van der Waals surface area contributed by atoms with E-state index < -0.39 is 5.82 Å². The molecule has 2 aromatic carbocycles. The third-order valence-electron chi connectivity index (χ3n) is 4.86. The van der Waals surface area contributed by atoms with Crippen LogP contribution in [0.1, 0.15) is 5.69 Å². The summed E-state index contributed by atoms with van der Waals surface area (Å²) in [7, 11) is 3.16. The van der Waals surface area contributed by atoms with E-state index in [1.807, 2.05) is 6.92 Å². The van der Waals surface area contributed by atoms with Crippen molar-refractivity contribution in [2.24, 2.45) is 0 Å². The van der Waals surface area contributed by atoms with Crippen LogP contribution in [0.15, 0.2) is 36.5 Å². The maximum absolute atomic E-state index is 15.0. The van der Waals surface area contributed by atoms with Crippen molar-refractivity contribution in [3.8, 4) is 23.0 Å². The molecular formula is C23H24FN3O5. The summed E-state index contributed by atoms with van der Waals surface area (Å²) in [5.41, 5.74) is 2.10. The predicted octanol–water partition coefficient (Wildman–Crippen LogP) is 4.40. The van der Waals surface area contributed by atoms with E-state index in [1.165, 1.54) is 6.20 Å². The minimum absolute atomic E-state index is 0.0956. The van der Waals surface area contributed by atoms with Gasteiger partial charge >= 0.3 is 0 Å². The van der Waals surface area contributed by atoms with E-state index in [2.05, 4.69) is 15.2 Å². The van der Waals surface area contributed by atoms with Gasteiger partial charge in [-0.05, 0) is 31.2 Å². The van der Waals surface area contributed by atoms with Crippen LogP contribution in [0, 0.1) is 12.7 Å². The Kier molecular flexibility index (Phi) is 6.67. The van der Waals surface area contributed by atoms with Crippen molar-refractivity contribution in [3.05, 3.63) is 48.0 Å². The van der Waals surface area contributed by atoms with Gasteiger partial charge in [0.2, 0.25) is 0 Å². The smallest absolute Gasteiger partial charge is 0.175 e. The minimum atomic E-state index is -0.447.